The summed E-state index contributed by atoms with van der Waals surface area (Å²) in [5, 5.41) is 0. The predicted molar refractivity (Wildman–Crippen MR) is 56.7 cm³/mol. The quantitative estimate of drug-likeness (QED) is 0.692. The van der Waals surface area contributed by atoms with Crippen LogP contribution in [-0.4, -0.2) is 48.4 Å². The van der Waals surface area contributed by atoms with E-state index in [2.05, 4.69) is 18.9 Å². The second kappa shape index (κ2) is 4.06. The van der Waals surface area contributed by atoms with Crippen LogP contribution in [0.2, 0.25) is 0 Å². The third-order valence-electron chi connectivity index (χ3n) is 2.82. The van der Waals surface area contributed by atoms with Crippen LogP contribution in [0.3, 0.4) is 0 Å². The first kappa shape index (κ1) is 10.2. The van der Waals surface area contributed by atoms with Gasteiger partial charge in [-0.1, -0.05) is 0 Å². The molecule has 0 aromatic carbocycles. The first-order valence-corrected chi connectivity index (χ1v) is 5.21. The lowest BCUT2D eigenvalue weighted by atomic mass is 10.2. The monoisotopic (exact) mass is 208 g/mol. The summed E-state index contributed by atoms with van der Waals surface area (Å²) in [6.07, 6.45) is 1.54. The molecule has 1 aromatic heterocycles. The van der Waals surface area contributed by atoms with Gasteiger partial charge in [-0.05, 0) is 26.1 Å². The van der Waals surface area contributed by atoms with Crippen molar-refractivity contribution in [2.45, 2.75) is 13.0 Å². The van der Waals surface area contributed by atoms with E-state index < -0.39 is 0 Å². The summed E-state index contributed by atoms with van der Waals surface area (Å²) in [6, 6.07) is 3.71. The van der Waals surface area contributed by atoms with Crippen LogP contribution in [0.1, 0.15) is 17.5 Å². The average Bonchev–Trinajstić information content (AvgIpc) is 2.69. The number of furan rings is 1. The van der Waals surface area contributed by atoms with Crippen molar-refractivity contribution in [1.82, 2.24) is 9.80 Å². The Hall–Kier alpha value is -1.29. The average molecular weight is 208 g/mol. The predicted octanol–water partition coefficient (Wildman–Crippen LogP) is 1.06. The van der Waals surface area contributed by atoms with Gasteiger partial charge in [-0.15, -0.1) is 0 Å². The molecule has 2 rings (SSSR count). The van der Waals surface area contributed by atoms with Gasteiger partial charge in [-0.3, -0.25) is 4.79 Å². The Morgan fingerprint density at radius 2 is 2.33 bits per heavy atom. The number of carbonyl (C=O) groups is 1. The van der Waals surface area contributed by atoms with Gasteiger partial charge in [0.1, 0.15) is 0 Å². The van der Waals surface area contributed by atoms with Crippen molar-refractivity contribution in [2.75, 3.05) is 26.7 Å². The van der Waals surface area contributed by atoms with Crippen LogP contribution in [-0.2, 0) is 0 Å². The lowest BCUT2D eigenvalue weighted by Crippen LogP contribution is -2.52. The molecule has 15 heavy (non-hydrogen) atoms. The molecule has 0 spiro atoms. The van der Waals surface area contributed by atoms with E-state index in [4.69, 9.17) is 4.42 Å². The van der Waals surface area contributed by atoms with E-state index >= 15 is 0 Å². The van der Waals surface area contributed by atoms with Gasteiger partial charge in [0.2, 0.25) is 0 Å². The number of likely N-dealkylation sites (N-methyl/N-ethyl adjacent to an activating group) is 1. The Kier molecular flexibility index (Phi) is 2.77. The molecule has 0 bridgehead atoms. The van der Waals surface area contributed by atoms with Gasteiger partial charge >= 0.3 is 0 Å². The Labute approximate surface area is 89.5 Å². The van der Waals surface area contributed by atoms with E-state index in [0.717, 1.165) is 19.6 Å². The standard InChI is InChI=1S/C11H16N2O2/c1-9-8-12(2)5-6-13(9)11(14)10-4-3-7-15-10/h3-4,7,9H,5-6,8H2,1-2H3. The van der Waals surface area contributed by atoms with Crippen molar-refractivity contribution in [3.05, 3.63) is 24.2 Å². The highest BCUT2D eigenvalue weighted by Crippen LogP contribution is 2.13. The van der Waals surface area contributed by atoms with Gasteiger partial charge in [0.05, 0.1) is 6.26 Å². The molecule has 0 saturated carbocycles. The molecule has 2 heterocycles. The smallest absolute Gasteiger partial charge is 0.289 e. The van der Waals surface area contributed by atoms with Gasteiger partial charge in [0.15, 0.2) is 5.76 Å². The fourth-order valence-corrected chi connectivity index (χ4v) is 1.98. The summed E-state index contributed by atoms with van der Waals surface area (Å²) in [7, 11) is 2.07. The molecular weight excluding hydrogens is 192 g/mol. The van der Waals surface area contributed by atoms with Crippen molar-refractivity contribution in [3.8, 4) is 0 Å². The number of carbonyl (C=O) groups excluding carboxylic acids is 1. The topological polar surface area (TPSA) is 36.7 Å². The van der Waals surface area contributed by atoms with E-state index in [1.165, 1.54) is 6.26 Å². The molecule has 4 nitrogen and oxygen atoms in total. The molecule has 1 aliphatic heterocycles. The van der Waals surface area contributed by atoms with Crippen molar-refractivity contribution in [1.29, 1.82) is 0 Å². The maximum atomic E-state index is 12.0. The van der Waals surface area contributed by atoms with Crippen LogP contribution in [0.5, 0.6) is 0 Å². The molecule has 1 amide bonds. The number of piperazine rings is 1. The normalized spacial score (nSPS) is 23.1. The van der Waals surface area contributed by atoms with Crippen LogP contribution < -0.4 is 0 Å². The molecule has 0 aliphatic carbocycles. The van der Waals surface area contributed by atoms with E-state index in [1.54, 1.807) is 12.1 Å². The van der Waals surface area contributed by atoms with Crippen LogP contribution in [0.25, 0.3) is 0 Å². The second-order valence-corrected chi connectivity index (χ2v) is 4.09. The molecule has 1 unspecified atom stereocenters. The highest BCUT2D eigenvalue weighted by molar-refractivity contribution is 5.91. The molecule has 1 aromatic rings. The van der Waals surface area contributed by atoms with Crippen molar-refractivity contribution < 1.29 is 9.21 Å². The SMILES string of the molecule is CC1CN(C)CCN1C(=O)c1ccco1. The van der Waals surface area contributed by atoms with Gasteiger partial charge in [-0.2, -0.15) is 0 Å². The van der Waals surface area contributed by atoms with Crippen LogP contribution in [0, 0.1) is 0 Å². The highest BCUT2D eigenvalue weighted by atomic mass is 16.3. The molecular formula is C11H16N2O2. The fourth-order valence-electron chi connectivity index (χ4n) is 1.98. The highest BCUT2D eigenvalue weighted by Gasteiger charge is 2.27. The molecule has 0 radical (unpaired) electrons. The van der Waals surface area contributed by atoms with E-state index in [-0.39, 0.29) is 11.9 Å². The van der Waals surface area contributed by atoms with Crippen LogP contribution in [0.15, 0.2) is 22.8 Å². The maximum Gasteiger partial charge on any atom is 0.289 e. The molecule has 4 heteroatoms. The molecule has 82 valence electrons. The Morgan fingerprint density at radius 1 is 1.53 bits per heavy atom. The molecule has 0 N–H and O–H groups in total. The first-order valence-electron chi connectivity index (χ1n) is 5.21. The second-order valence-electron chi connectivity index (χ2n) is 4.09. The van der Waals surface area contributed by atoms with Crippen molar-refractivity contribution in [2.24, 2.45) is 0 Å². The molecule has 1 aliphatic rings. The van der Waals surface area contributed by atoms with Gasteiger partial charge in [-0.25, -0.2) is 0 Å². The summed E-state index contributed by atoms with van der Waals surface area (Å²) in [6.45, 7) is 4.69. The Morgan fingerprint density at radius 3 is 2.93 bits per heavy atom. The van der Waals surface area contributed by atoms with Crippen LogP contribution in [0.4, 0.5) is 0 Å². The minimum atomic E-state index is 0.000556. The number of hydrogen-bond acceptors (Lipinski definition) is 3. The number of hydrogen-bond donors (Lipinski definition) is 0. The van der Waals surface area contributed by atoms with Gasteiger partial charge in [0, 0.05) is 25.7 Å². The largest absolute Gasteiger partial charge is 0.459 e. The van der Waals surface area contributed by atoms with E-state index in [1.807, 2.05) is 4.90 Å². The summed E-state index contributed by atoms with van der Waals surface area (Å²) < 4.78 is 5.12. The first-order chi connectivity index (χ1) is 7.18. The summed E-state index contributed by atoms with van der Waals surface area (Å²) in [4.78, 5) is 16.1. The Balaban J connectivity index is 2.08. The number of rotatable bonds is 1. The Bertz CT molecular complexity index is 334. The molecule has 1 atom stereocenters. The van der Waals surface area contributed by atoms with E-state index in [0.29, 0.717) is 5.76 Å². The fraction of sp³-hybridized carbons (Fsp3) is 0.545. The summed E-state index contributed by atoms with van der Waals surface area (Å²) >= 11 is 0. The van der Waals surface area contributed by atoms with Gasteiger partial charge in [0.25, 0.3) is 5.91 Å². The van der Waals surface area contributed by atoms with Gasteiger partial charge < -0.3 is 14.2 Å². The van der Waals surface area contributed by atoms with Crippen LogP contribution >= 0.6 is 0 Å². The van der Waals surface area contributed by atoms with E-state index in [9.17, 15) is 4.79 Å². The zero-order valence-electron chi connectivity index (χ0n) is 9.14. The maximum absolute atomic E-state index is 12.0. The zero-order valence-corrected chi connectivity index (χ0v) is 9.14. The third kappa shape index (κ3) is 2.04. The number of amides is 1. The lowest BCUT2D eigenvalue weighted by molar-refractivity contribution is 0.0503. The third-order valence-corrected chi connectivity index (χ3v) is 2.82. The minimum Gasteiger partial charge on any atom is -0.459 e. The molecule has 1 fully saturated rings. The summed E-state index contributed by atoms with van der Waals surface area (Å²) in [5.74, 6) is 0.437. The zero-order chi connectivity index (χ0) is 10.8. The number of nitrogens with zero attached hydrogens (tertiary/aromatic N) is 2. The summed E-state index contributed by atoms with van der Waals surface area (Å²) in [5.41, 5.74) is 0. The lowest BCUT2D eigenvalue weighted by Gasteiger charge is -2.37. The minimum absolute atomic E-state index is 0.000556. The molecule has 1 saturated heterocycles. The van der Waals surface area contributed by atoms with Crippen molar-refractivity contribution >= 4 is 5.91 Å². The van der Waals surface area contributed by atoms with Crippen molar-refractivity contribution in [3.63, 3.8) is 0 Å².